The molecule has 1 atom stereocenters. The van der Waals surface area contributed by atoms with Crippen LogP contribution in [0.4, 0.5) is 0 Å². The van der Waals surface area contributed by atoms with Crippen LogP contribution in [-0.4, -0.2) is 30.6 Å². The number of unbranched alkanes of at least 4 members (excludes halogenated alkanes) is 1. The Balaban J connectivity index is 2.91. The monoisotopic (exact) mass is 224 g/mol. The summed E-state index contributed by atoms with van der Waals surface area (Å²) in [5, 5.41) is 0. The molecule has 0 N–H and O–H groups in total. The van der Waals surface area contributed by atoms with Crippen molar-refractivity contribution in [2.24, 2.45) is 5.92 Å². The zero-order chi connectivity index (χ0) is 9.94. The van der Waals surface area contributed by atoms with E-state index in [-0.39, 0.29) is 0 Å². The van der Waals surface area contributed by atoms with Crippen molar-refractivity contribution in [3.8, 4) is 0 Å². The highest BCUT2D eigenvalue weighted by Gasteiger charge is 1.98. The molecule has 1 unspecified atom stereocenters. The highest BCUT2D eigenvalue weighted by molar-refractivity contribution is 7.99. The van der Waals surface area contributed by atoms with Crippen molar-refractivity contribution in [1.82, 2.24) is 0 Å². The first kappa shape index (κ1) is 13.6. The second-order valence-electron chi connectivity index (χ2n) is 3.30. The second-order valence-corrected chi connectivity index (χ2v) is 4.76. The Morgan fingerprint density at radius 2 is 2.15 bits per heavy atom. The van der Waals surface area contributed by atoms with Gasteiger partial charge in [-0.2, -0.15) is 11.8 Å². The van der Waals surface area contributed by atoms with Gasteiger partial charge in [0.05, 0.1) is 6.61 Å². The molecular weight excluding hydrogens is 204 g/mol. The molecule has 80 valence electrons. The van der Waals surface area contributed by atoms with E-state index >= 15 is 0 Å². The molecule has 0 saturated heterocycles. The Morgan fingerprint density at radius 3 is 2.77 bits per heavy atom. The van der Waals surface area contributed by atoms with Gasteiger partial charge in [-0.05, 0) is 18.1 Å². The van der Waals surface area contributed by atoms with Crippen LogP contribution in [0.2, 0.25) is 0 Å². The van der Waals surface area contributed by atoms with Crippen molar-refractivity contribution in [2.75, 3.05) is 30.6 Å². The number of hydrogen-bond acceptors (Lipinski definition) is 2. The van der Waals surface area contributed by atoms with Gasteiger partial charge in [0.15, 0.2) is 0 Å². The molecular formula is C10H21ClOS. The average molecular weight is 225 g/mol. The quantitative estimate of drug-likeness (QED) is 0.439. The van der Waals surface area contributed by atoms with E-state index in [1.54, 1.807) is 0 Å². The largest absolute Gasteiger partial charge is 0.381 e. The fourth-order valence-corrected chi connectivity index (χ4v) is 1.96. The van der Waals surface area contributed by atoms with Crippen LogP contribution < -0.4 is 0 Å². The van der Waals surface area contributed by atoms with Gasteiger partial charge in [-0.15, -0.1) is 11.6 Å². The molecule has 0 heterocycles. The molecule has 0 aliphatic rings. The van der Waals surface area contributed by atoms with E-state index in [4.69, 9.17) is 16.3 Å². The Labute approximate surface area is 91.6 Å². The first-order valence-electron chi connectivity index (χ1n) is 5.02. The van der Waals surface area contributed by atoms with Crippen LogP contribution in [0.5, 0.6) is 0 Å². The smallest absolute Gasteiger partial charge is 0.0556 e. The Bertz CT molecular complexity index is 101. The van der Waals surface area contributed by atoms with Crippen molar-refractivity contribution >= 4 is 23.4 Å². The van der Waals surface area contributed by atoms with Crippen LogP contribution in [0.25, 0.3) is 0 Å². The van der Waals surface area contributed by atoms with E-state index in [0.717, 1.165) is 30.6 Å². The Hall–Kier alpha value is 0.600. The van der Waals surface area contributed by atoms with Gasteiger partial charge in [0.1, 0.15) is 0 Å². The maximum atomic E-state index is 5.69. The zero-order valence-electron chi connectivity index (χ0n) is 8.72. The first-order valence-corrected chi connectivity index (χ1v) is 6.71. The molecule has 3 heteroatoms. The molecule has 0 amide bonds. The summed E-state index contributed by atoms with van der Waals surface area (Å²) in [4.78, 5) is 0. The zero-order valence-corrected chi connectivity index (χ0v) is 10.3. The van der Waals surface area contributed by atoms with E-state index < -0.39 is 0 Å². The van der Waals surface area contributed by atoms with Crippen LogP contribution in [-0.2, 0) is 4.74 Å². The molecule has 0 bridgehead atoms. The van der Waals surface area contributed by atoms with Crippen molar-refractivity contribution < 1.29 is 4.74 Å². The van der Waals surface area contributed by atoms with Crippen LogP contribution in [0.1, 0.15) is 26.7 Å². The van der Waals surface area contributed by atoms with Crippen molar-refractivity contribution in [2.45, 2.75) is 26.7 Å². The Morgan fingerprint density at radius 1 is 1.38 bits per heavy atom. The normalized spacial score (nSPS) is 13.2. The summed E-state index contributed by atoms with van der Waals surface area (Å²) in [6, 6.07) is 0. The third kappa shape index (κ3) is 10.5. The lowest BCUT2D eigenvalue weighted by molar-refractivity contribution is 0.147. The lowest BCUT2D eigenvalue weighted by atomic mass is 10.3. The summed E-state index contributed by atoms with van der Waals surface area (Å²) in [6.07, 6.45) is 2.40. The molecule has 0 saturated carbocycles. The fraction of sp³-hybridized carbons (Fsp3) is 1.00. The molecule has 0 rings (SSSR count). The van der Waals surface area contributed by atoms with Crippen molar-refractivity contribution in [3.05, 3.63) is 0 Å². The third-order valence-electron chi connectivity index (χ3n) is 1.68. The van der Waals surface area contributed by atoms with Gasteiger partial charge in [0.2, 0.25) is 0 Å². The molecule has 1 nitrogen and oxygen atoms in total. The van der Waals surface area contributed by atoms with E-state index in [1.165, 1.54) is 12.8 Å². The number of thioether (sulfide) groups is 1. The summed E-state index contributed by atoms with van der Waals surface area (Å²) in [5.74, 6) is 3.65. The van der Waals surface area contributed by atoms with Gasteiger partial charge in [-0.3, -0.25) is 0 Å². The molecule has 0 aromatic rings. The van der Waals surface area contributed by atoms with E-state index in [1.807, 2.05) is 11.8 Å². The maximum Gasteiger partial charge on any atom is 0.0556 e. The van der Waals surface area contributed by atoms with E-state index in [2.05, 4.69) is 13.8 Å². The standard InChI is InChI=1S/C10H21ClOS/c1-3-4-5-12-6-7-13-9-10(2)8-11/h10H,3-9H2,1-2H3. The molecule has 0 radical (unpaired) electrons. The van der Waals surface area contributed by atoms with Gasteiger partial charge >= 0.3 is 0 Å². The van der Waals surface area contributed by atoms with Crippen molar-refractivity contribution in [3.63, 3.8) is 0 Å². The summed E-state index contributed by atoms with van der Waals surface area (Å²) in [5.41, 5.74) is 0. The number of ether oxygens (including phenoxy) is 1. The number of rotatable bonds is 9. The van der Waals surface area contributed by atoms with Crippen LogP contribution >= 0.6 is 23.4 Å². The molecule has 0 aliphatic carbocycles. The van der Waals surface area contributed by atoms with Crippen LogP contribution in [0.3, 0.4) is 0 Å². The SMILES string of the molecule is CCCCOCCSCC(C)CCl. The summed E-state index contributed by atoms with van der Waals surface area (Å²) in [6.45, 7) is 6.17. The van der Waals surface area contributed by atoms with Crippen LogP contribution in [0.15, 0.2) is 0 Å². The lowest BCUT2D eigenvalue weighted by Gasteiger charge is -2.06. The minimum atomic E-state index is 0.627. The van der Waals surface area contributed by atoms with Gasteiger partial charge in [-0.25, -0.2) is 0 Å². The summed E-state index contributed by atoms with van der Waals surface area (Å²) in [7, 11) is 0. The topological polar surface area (TPSA) is 9.23 Å². The highest BCUT2D eigenvalue weighted by Crippen LogP contribution is 2.09. The number of alkyl halides is 1. The molecule has 0 aromatic heterocycles. The van der Waals surface area contributed by atoms with Gasteiger partial charge in [-0.1, -0.05) is 20.3 Å². The second kappa shape index (κ2) is 10.7. The molecule has 13 heavy (non-hydrogen) atoms. The highest BCUT2D eigenvalue weighted by atomic mass is 35.5. The molecule has 0 aliphatic heterocycles. The van der Waals surface area contributed by atoms with Crippen LogP contribution in [0, 0.1) is 5.92 Å². The summed E-state index contributed by atoms with van der Waals surface area (Å²) < 4.78 is 5.44. The fourth-order valence-electron chi connectivity index (χ4n) is 0.795. The number of hydrogen-bond donors (Lipinski definition) is 0. The predicted octanol–water partition coefficient (Wildman–Crippen LogP) is 3.41. The maximum absolute atomic E-state index is 5.69. The van der Waals surface area contributed by atoms with Gasteiger partial charge in [0.25, 0.3) is 0 Å². The summed E-state index contributed by atoms with van der Waals surface area (Å²) >= 11 is 7.62. The average Bonchev–Trinajstić information content (AvgIpc) is 2.16. The minimum Gasteiger partial charge on any atom is -0.381 e. The first-order chi connectivity index (χ1) is 6.31. The third-order valence-corrected chi connectivity index (χ3v) is 3.47. The molecule has 0 fully saturated rings. The van der Waals surface area contributed by atoms with Gasteiger partial charge < -0.3 is 4.74 Å². The van der Waals surface area contributed by atoms with Crippen molar-refractivity contribution in [1.29, 1.82) is 0 Å². The van der Waals surface area contributed by atoms with E-state index in [9.17, 15) is 0 Å². The molecule has 0 spiro atoms. The lowest BCUT2D eigenvalue weighted by Crippen LogP contribution is -2.03. The van der Waals surface area contributed by atoms with Gasteiger partial charge in [0, 0.05) is 18.2 Å². The Kier molecular flexibility index (Phi) is 11.2. The predicted molar refractivity (Wildman–Crippen MR) is 62.9 cm³/mol. The van der Waals surface area contributed by atoms with E-state index in [0.29, 0.717) is 5.92 Å². The minimum absolute atomic E-state index is 0.627. The molecule has 0 aromatic carbocycles. The number of halogens is 1.